The number of nitrogens with two attached hydrogens (primary N) is 1. The summed E-state index contributed by atoms with van der Waals surface area (Å²) in [6.45, 7) is 1.93. The molecule has 0 bridgehead atoms. The molecule has 20 heavy (non-hydrogen) atoms. The van der Waals surface area contributed by atoms with Crippen molar-refractivity contribution in [2.75, 3.05) is 0 Å². The Morgan fingerprint density at radius 2 is 2.05 bits per heavy atom. The van der Waals surface area contributed by atoms with Gasteiger partial charge in [0.1, 0.15) is 11.5 Å². The van der Waals surface area contributed by atoms with Gasteiger partial charge in [-0.15, -0.1) is 0 Å². The van der Waals surface area contributed by atoms with Gasteiger partial charge in [-0.05, 0) is 36.8 Å². The molecule has 0 aliphatic rings. The average molecular weight is 356 g/mol. The van der Waals surface area contributed by atoms with Crippen molar-refractivity contribution < 1.29 is 9.94 Å². The van der Waals surface area contributed by atoms with E-state index in [1.54, 1.807) is 18.2 Å². The molecular formula is C14H12BrClN2O2. The van der Waals surface area contributed by atoms with Gasteiger partial charge < -0.3 is 15.7 Å². The van der Waals surface area contributed by atoms with Crippen LogP contribution < -0.4 is 10.5 Å². The van der Waals surface area contributed by atoms with Gasteiger partial charge in [0.2, 0.25) is 0 Å². The molecule has 0 unspecified atom stereocenters. The minimum atomic E-state index is -0.0988. The number of nitrogens with zero attached hydrogens (tertiary/aromatic N) is 1. The van der Waals surface area contributed by atoms with Crippen molar-refractivity contribution in [1.29, 1.82) is 0 Å². The minimum Gasteiger partial charge on any atom is -0.456 e. The van der Waals surface area contributed by atoms with E-state index in [1.165, 1.54) is 0 Å². The highest BCUT2D eigenvalue weighted by atomic mass is 79.9. The van der Waals surface area contributed by atoms with Crippen LogP contribution in [0.5, 0.6) is 11.5 Å². The fraction of sp³-hybridized carbons (Fsp3) is 0.0714. The van der Waals surface area contributed by atoms with Crippen LogP contribution in [-0.4, -0.2) is 11.0 Å². The third-order valence-electron chi connectivity index (χ3n) is 2.71. The highest BCUT2D eigenvalue weighted by molar-refractivity contribution is 9.10. The number of oxime groups is 1. The molecule has 6 heteroatoms. The lowest BCUT2D eigenvalue weighted by Crippen LogP contribution is -2.15. The first-order valence-electron chi connectivity index (χ1n) is 5.73. The SMILES string of the molecule is Cc1ccc(Br)cc1Oc1cccc(Cl)c1/C(N)=N/O. The Labute approximate surface area is 129 Å². The minimum absolute atomic E-state index is 0.0988. The highest BCUT2D eigenvalue weighted by Crippen LogP contribution is 2.33. The highest BCUT2D eigenvalue weighted by Gasteiger charge is 2.14. The van der Waals surface area contributed by atoms with Gasteiger partial charge in [-0.1, -0.05) is 44.8 Å². The predicted molar refractivity (Wildman–Crippen MR) is 82.9 cm³/mol. The number of benzene rings is 2. The first-order valence-corrected chi connectivity index (χ1v) is 6.90. The topological polar surface area (TPSA) is 67.8 Å². The summed E-state index contributed by atoms with van der Waals surface area (Å²) < 4.78 is 6.73. The molecule has 4 nitrogen and oxygen atoms in total. The zero-order chi connectivity index (χ0) is 14.7. The second-order valence-electron chi connectivity index (χ2n) is 4.11. The van der Waals surface area contributed by atoms with E-state index in [0.29, 0.717) is 22.1 Å². The van der Waals surface area contributed by atoms with Gasteiger partial charge >= 0.3 is 0 Å². The lowest BCUT2D eigenvalue weighted by molar-refractivity contribution is 0.318. The van der Waals surface area contributed by atoms with E-state index in [-0.39, 0.29) is 5.84 Å². The Morgan fingerprint density at radius 3 is 2.75 bits per heavy atom. The van der Waals surface area contributed by atoms with Crippen LogP contribution in [0.2, 0.25) is 5.02 Å². The number of aryl methyl sites for hydroxylation is 1. The third-order valence-corrected chi connectivity index (χ3v) is 3.52. The molecule has 2 rings (SSSR count). The lowest BCUT2D eigenvalue weighted by atomic mass is 10.1. The molecule has 0 fully saturated rings. The number of ether oxygens (including phenoxy) is 1. The van der Waals surface area contributed by atoms with Crippen LogP contribution in [0, 0.1) is 6.92 Å². The molecule has 3 N–H and O–H groups in total. The molecule has 0 amide bonds. The van der Waals surface area contributed by atoms with E-state index in [2.05, 4.69) is 21.1 Å². The molecule has 0 radical (unpaired) electrons. The zero-order valence-corrected chi connectivity index (χ0v) is 12.9. The predicted octanol–water partition coefficient (Wildman–Crippen LogP) is 4.30. The van der Waals surface area contributed by atoms with Crippen molar-refractivity contribution >= 4 is 33.4 Å². The van der Waals surface area contributed by atoms with Crippen LogP contribution in [0.1, 0.15) is 11.1 Å². The van der Waals surface area contributed by atoms with Gasteiger partial charge in [0.25, 0.3) is 0 Å². The Balaban J connectivity index is 2.49. The maximum atomic E-state index is 8.84. The Bertz CT molecular complexity index is 674. The maximum absolute atomic E-state index is 8.84. The van der Waals surface area contributed by atoms with Crippen molar-refractivity contribution in [1.82, 2.24) is 0 Å². The molecule has 0 saturated heterocycles. The van der Waals surface area contributed by atoms with Crippen molar-refractivity contribution in [3.63, 3.8) is 0 Å². The van der Waals surface area contributed by atoms with Gasteiger partial charge in [0.15, 0.2) is 5.84 Å². The molecule has 0 aliphatic carbocycles. The van der Waals surface area contributed by atoms with Gasteiger partial charge in [0.05, 0.1) is 10.6 Å². The quantitative estimate of drug-likeness (QED) is 0.373. The second kappa shape index (κ2) is 6.15. The summed E-state index contributed by atoms with van der Waals surface area (Å²) in [6, 6.07) is 10.8. The van der Waals surface area contributed by atoms with Crippen LogP contribution in [0.4, 0.5) is 0 Å². The van der Waals surface area contributed by atoms with Crippen LogP contribution in [0.3, 0.4) is 0 Å². The van der Waals surface area contributed by atoms with Crippen molar-refractivity contribution in [2.24, 2.45) is 10.9 Å². The first-order chi connectivity index (χ1) is 9.52. The van der Waals surface area contributed by atoms with Crippen LogP contribution >= 0.6 is 27.5 Å². The molecular weight excluding hydrogens is 344 g/mol. The molecule has 0 heterocycles. The molecule has 0 spiro atoms. The zero-order valence-electron chi connectivity index (χ0n) is 10.6. The van der Waals surface area contributed by atoms with Gasteiger partial charge in [-0.3, -0.25) is 0 Å². The molecule has 2 aromatic rings. The smallest absolute Gasteiger partial charge is 0.175 e. The van der Waals surface area contributed by atoms with Crippen LogP contribution in [0.15, 0.2) is 46.0 Å². The lowest BCUT2D eigenvalue weighted by Gasteiger charge is -2.13. The summed E-state index contributed by atoms with van der Waals surface area (Å²) in [5.41, 5.74) is 6.96. The standard InChI is InChI=1S/C14H12BrClN2O2/c1-8-5-6-9(15)7-12(8)20-11-4-2-3-10(16)13(11)14(17)18-19/h2-7,19H,1H3,(H2,17,18). The van der Waals surface area contributed by atoms with E-state index >= 15 is 0 Å². The molecule has 2 aromatic carbocycles. The number of hydrogen-bond donors (Lipinski definition) is 2. The van der Waals surface area contributed by atoms with Gasteiger partial charge in [-0.2, -0.15) is 0 Å². The molecule has 0 saturated carbocycles. The van der Waals surface area contributed by atoms with E-state index in [0.717, 1.165) is 10.0 Å². The van der Waals surface area contributed by atoms with E-state index in [1.807, 2.05) is 25.1 Å². The summed E-state index contributed by atoms with van der Waals surface area (Å²) in [6.07, 6.45) is 0. The van der Waals surface area contributed by atoms with Crippen molar-refractivity contribution in [3.8, 4) is 11.5 Å². The summed E-state index contributed by atoms with van der Waals surface area (Å²) >= 11 is 9.47. The summed E-state index contributed by atoms with van der Waals surface area (Å²) in [4.78, 5) is 0. The summed E-state index contributed by atoms with van der Waals surface area (Å²) in [7, 11) is 0. The normalized spacial score (nSPS) is 11.4. The van der Waals surface area contributed by atoms with Gasteiger partial charge in [-0.25, -0.2) is 0 Å². The summed E-state index contributed by atoms with van der Waals surface area (Å²) in [5, 5.41) is 12.2. The van der Waals surface area contributed by atoms with Crippen molar-refractivity contribution in [3.05, 3.63) is 57.0 Å². The Kier molecular flexibility index (Phi) is 4.52. The number of rotatable bonds is 3. The largest absolute Gasteiger partial charge is 0.456 e. The second-order valence-corrected chi connectivity index (χ2v) is 5.43. The average Bonchev–Trinajstić information content (AvgIpc) is 2.42. The third kappa shape index (κ3) is 3.05. The maximum Gasteiger partial charge on any atom is 0.175 e. The Hall–Kier alpha value is -1.72. The monoisotopic (exact) mass is 354 g/mol. The van der Waals surface area contributed by atoms with Crippen molar-refractivity contribution in [2.45, 2.75) is 6.92 Å². The fourth-order valence-electron chi connectivity index (χ4n) is 1.69. The number of hydrogen-bond acceptors (Lipinski definition) is 3. The summed E-state index contributed by atoms with van der Waals surface area (Å²) in [5.74, 6) is 0.987. The van der Waals surface area contributed by atoms with E-state index < -0.39 is 0 Å². The molecule has 0 aliphatic heterocycles. The molecule has 104 valence electrons. The van der Waals surface area contributed by atoms with Crippen LogP contribution in [0.25, 0.3) is 0 Å². The van der Waals surface area contributed by atoms with E-state index in [9.17, 15) is 0 Å². The number of halogens is 2. The molecule has 0 atom stereocenters. The van der Waals surface area contributed by atoms with Gasteiger partial charge in [0, 0.05) is 4.47 Å². The van der Waals surface area contributed by atoms with E-state index in [4.69, 9.17) is 27.3 Å². The van der Waals surface area contributed by atoms with Crippen LogP contribution in [-0.2, 0) is 0 Å². The fourth-order valence-corrected chi connectivity index (χ4v) is 2.29. The number of amidine groups is 1. The Morgan fingerprint density at radius 1 is 1.30 bits per heavy atom. The molecule has 0 aromatic heterocycles. The first kappa shape index (κ1) is 14.7.